The van der Waals surface area contributed by atoms with E-state index in [4.69, 9.17) is 0 Å². The number of aromatic nitrogens is 1. The van der Waals surface area contributed by atoms with Crippen molar-refractivity contribution in [3.63, 3.8) is 0 Å². The van der Waals surface area contributed by atoms with Gasteiger partial charge < -0.3 is 15.0 Å². The molecule has 2 aromatic carbocycles. The molecule has 0 bridgehead atoms. The van der Waals surface area contributed by atoms with Gasteiger partial charge in [0.1, 0.15) is 6.07 Å². The van der Waals surface area contributed by atoms with Crippen LogP contribution in [0.4, 0.5) is 11.4 Å². The Morgan fingerprint density at radius 3 is 2.52 bits per heavy atom. The second kappa shape index (κ2) is 8.84. The number of nitriles is 1. The van der Waals surface area contributed by atoms with Gasteiger partial charge in [-0.1, -0.05) is 18.2 Å². The second-order valence-corrected chi connectivity index (χ2v) is 7.47. The van der Waals surface area contributed by atoms with Gasteiger partial charge >= 0.3 is 5.97 Å². The first-order valence-corrected chi connectivity index (χ1v) is 10.1. The number of pyridine rings is 1. The molecule has 7 nitrogen and oxygen atoms in total. The lowest BCUT2D eigenvalue weighted by Crippen LogP contribution is -2.38. The molecule has 1 fully saturated rings. The van der Waals surface area contributed by atoms with Gasteiger partial charge in [-0.15, -0.1) is 0 Å². The van der Waals surface area contributed by atoms with Gasteiger partial charge in [0, 0.05) is 36.3 Å². The average molecular weight is 414 g/mol. The molecule has 0 unspecified atom stereocenters. The number of esters is 1. The highest BCUT2D eigenvalue weighted by Gasteiger charge is 2.27. The highest BCUT2D eigenvalue weighted by atomic mass is 16.5. The Kier molecular flexibility index (Phi) is 5.80. The van der Waals surface area contributed by atoms with Crippen LogP contribution in [-0.4, -0.2) is 37.1 Å². The summed E-state index contributed by atoms with van der Waals surface area (Å²) in [6.45, 7) is 1.37. The number of amides is 1. The first-order chi connectivity index (χ1) is 15.1. The van der Waals surface area contributed by atoms with Gasteiger partial charge in [0.15, 0.2) is 0 Å². The summed E-state index contributed by atoms with van der Waals surface area (Å²) in [7, 11) is 1.33. The zero-order chi connectivity index (χ0) is 21.8. The molecule has 1 aliphatic heterocycles. The number of rotatable bonds is 4. The van der Waals surface area contributed by atoms with Crippen molar-refractivity contribution in [2.24, 2.45) is 5.92 Å². The lowest BCUT2D eigenvalue weighted by atomic mass is 9.94. The molecule has 0 aliphatic carbocycles. The smallest absolute Gasteiger partial charge is 0.337 e. The van der Waals surface area contributed by atoms with E-state index >= 15 is 0 Å². The third-order valence-electron chi connectivity index (χ3n) is 5.62. The molecular formula is C24H22N4O3. The van der Waals surface area contributed by atoms with E-state index in [1.807, 2.05) is 24.3 Å². The molecule has 31 heavy (non-hydrogen) atoms. The van der Waals surface area contributed by atoms with Crippen LogP contribution in [0.3, 0.4) is 0 Å². The van der Waals surface area contributed by atoms with Crippen molar-refractivity contribution in [2.75, 3.05) is 30.4 Å². The van der Waals surface area contributed by atoms with Crippen molar-refractivity contribution in [1.82, 2.24) is 4.98 Å². The van der Waals surface area contributed by atoms with Gasteiger partial charge in [-0.2, -0.15) is 5.26 Å². The van der Waals surface area contributed by atoms with E-state index in [-0.39, 0.29) is 11.8 Å². The molecule has 7 heteroatoms. The number of para-hydroxylation sites is 1. The van der Waals surface area contributed by atoms with Crippen LogP contribution in [0.25, 0.3) is 10.9 Å². The highest BCUT2D eigenvalue weighted by molar-refractivity contribution is 5.96. The standard InChI is InChI=1S/C24H22N4O3/c1-31-24(30)17-6-8-19(9-7-17)27-23(29)16-10-12-28(13-11-16)22-18(14-25)15-26-21-5-3-2-4-20(21)22/h2-9,15-16H,10-13H2,1H3,(H,27,29). The number of hydrogen-bond donors (Lipinski definition) is 1. The van der Waals surface area contributed by atoms with E-state index in [9.17, 15) is 14.9 Å². The molecule has 3 aromatic rings. The molecule has 1 aromatic heterocycles. The van der Waals surface area contributed by atoms with E-state index in [0.717, 1.165) is 16.6 Å². The number of carbonyl (C=O) groups is 2. The summed E-state index contributed by atoms with van der Waals surface area (Å²) in [6, 6.07) is 16.7. The van der Waals surface area contributed by atoms with Gasteiger partial charge in [0.05, 0.1) is 29.4 Å². The molecule has 4 rings (SSSR count). The molecule has 1 N–H and O–H groups in total. The number of benzene rings is 2. The SMILES string of the molecule is COC(=O)c1ccc(NC(=O)C2CCN(c3c(C#N)cnc4ccccc34)CC2)cc1. The minimum Gasteiger partial charge on any atom is -0.465 e. The van der Waals surface area contributed by atoms with Crippen LogP contribution >= 0.6 is 0 Å². The van der Waals surface area contributed by atoms with E-state index < -0.39 is 5.97 Å². The third-order valence-corrected chi connectivity index (χ3v) is 5.62. The first-order valence-electron chi connectivity index (χ1n) is 10.1. The Morgan fingerprint density at radius 1 is 1.13 bits per heavy atom. The lowest BCUT2D eigenvalue weighted by molar-refractivity contribution is -0.120. The normalized spacial score (nSPS) is 14.1. The van der Waals surface area contributed by atoms with Crippen LogP contribution < -0.4 is 10.2 Å². The number of nitrogens with zero attached hydrogens (tertiary/aromatic N) is 3. The van der Waals surface area contributed by atoms with Crippen LogP contribution in [0, 0.1) is 17.2 Å². The summed E-state index contributed by atoms with van der Waals surface area (Å²) >= 11 is 0. The molecule has 156 valence electrons. The summed E-state index contributed by atoms with van der Waals surface area (Å²) in [4.78, 5) is 30.8. The molecular weight excluding hydrogens is 392 g/mol. The number of carbonyl (C=O) groups excluding carboxylic acids is 2. The summed E-state index contributed by atoms with van der Waals surface area (Å²) < 4.78 is 4.69. The Bertz CT molecular complexity index is 1160. The van der Waals surface area contributed by atoms with Crippen molar-refractivity contribution in [3.8, 4) is 6.07 Å². The molecule has 0 radical (unpaired) electrons. The van der Waals surface area contributed by atoms with Crippen LogP contribution in [-0.2, 0) is 9.53 Å². The van der Waals surface area contributed by atoms with Crippen molar-refractivity contribution in [1.29, 1.82) is 5.26 Å². The molecule has 0 atom stereocenters. The van der Waals surface area contributed by atoms with Crippen molar-refractivity contribution >= 4 is 34.2 Å². The fourth-order valence-electron chi connectivity index (χ4n) is 3.97. The second-order valence-electron chi connectivity index (χ2n) is 7.47. The number of anilines is 2. The van der Waals surface area contributed by atoms with Crippen LogP contribution in [0.5, 0.6) is 0 Å². The van der Waals surface area contributed by atoms with Crippen molar-refractivity contribution in [3.05, 3.63) is 65.9 Å². The van der Waals surface area contributed by atoms with E-state index in [1.54, 1.807) is 30.5 Å². The van der Waals surface area contributed by atoms with Crippen molar-refractivity contribution in [2.45, 2.75) is 12.8 Å². The largest absolute Gasteiger partial charge is 0.465 e. The van der Waals surface area contributed by atoms with Crippen molar-refractivity contribution < 1.29 is 14.3 Å². The van der Waals surface area contributed by atoms with Crippen LogP contribution in [0.1, 0.15) is 28.8 Å². The maximum Gasteiger partial charge on any atom is 0.337 e. The van der Waals surface area contributed by atoms with E-state index in [0.29, 0.717) is 42.7 Å². The van der Waals surface area contributed by atoms with Gasteiger partial charge in [-0.3, -0.25) is 9.78 Å². The summed E-state index contributed by atoms with van der Waals surface area (Å²) in [5.74, 6) is -0.564. The van der Waals surface area contributed by atoms with Crippen LogP contribution in [0.2, 0.25) is 0 Å². The summed E-state index contributed by atoms with van der Waals surface area (Å²) in [5.41, 5.74) is 3.38. The summed E-state index contributed by atoms with van der Waals surface area (Å²) in [6.07, 6.45) is 3.00. The topological polar surface area (TPSA) is 95.3 Å². The number of piperidine rings is 1. The number of ether oxygens (including phenoxy) is 1. The Balaban J connectivity index is 1.43. The fraction of sp³-hybridized carbons (Fsp3) is 0.250. The summed E-state index contributed by atoms with van der Waals surface area (Å²) in [5, 5.41) is 13.5. The van der Waals surface area contributed by atoms with Gasteiger partial charge in [0.25, 0.3) is 0 Å². The maximum absolute atomic E-state index is 12.7. The minimum absolute atomic E-state index is 0.0365. The zero-order valence-electron chi connectivity index (χ0n) is 17.2. The number of methoxy groups -OCH3 is 1. The van der Waals surface area contributed by atoms with E-state index in [1.165, 1.54) is 7.11 Å². The first kappa shape index (κ1) is 20.4. The quantitative estimate of drug-likeness (QED) is 0.654. The predicted octanol–water partition coefficient (Wildman–Crippen LogP) is 3.75. The monoisotopic (exact) mass is 414 g/mol. The molecule has 1 aliphatic rings. The third kappa shape index (κ3) is 4.19. The molecule has 2 heterocycles. The molecule has 1 amide bonds. The van der Waals surface area contributed by atoms with Gasteiger partial charge in [0.2, 0.25) is 5.91 Å². The predicted molar refractivity (Wildman–Crippen MR) is 118 cm³/mol. The van der Waals surface area contributed by atoms with Gasteiger partial charge in [-0.25, -0.2) is 4.79 Å². The zero-order valence-corrected chi connectivity index (χ0v) is 17.2. The Labute approximate surface area is 180 Å². The Hall–Kier alpha value is -3.92. The number of nitrogens with one attached hydrogen (secondary N) is 1. The molecule has 1 saturated heterocycles. The Morgan fingerprint density at radius 2 is 1.84 bits per heavy atom. The van der Waals surface area contributed by atoms with Gasteiger partial charge in [-0.05, 0) is 43.2 Å². The minimum atomic E-state index is -0.411. The maximum atomic E-state index is 12.7. The highest BCUT2D eigenvalue weighted by Crippen LogP contribution is 2.32. The average Bonchev–Trinajstić information content (AvgIpc) is 2.83. The molecule has 0 spiro atoms. The van der Waals surface area contributed by atoms with E-state index in [2.05, 4.69) is 26.0 Å². The number of fused-ring (bicyclic) bond motifs is 1. The van der Waals surface area contributed by atoms with Crippen LogP contribution in [0.15, 0.2) is 54.7 Å². The molecule has 0 saturated carbocycles. The number of hydrogen-bond acceptors (Lipinski definition) is 6. The fourth-order valence-corrected chi connectivity index (χ4v) is 3.97. The lowest BCUT2D eigenvalue weighted by Gasteiger charge is -2.34.